The van der Waals surface area contributed by atoms with Crippen LogP contribution in [0.25, 0.3) is 28.0 Å². The third-order valence-electron chi connectivity index (χ3n) is 4.56. The molecule has 1 N–H and O–H groups in total. The topological polar surface area (TPSA) is 78.0 Å². The van der Waals surface area contributed by atoms with E-state index in [0.717, 1.165) is 33.7 Å². The van der Waals surface area contributed by atoms with Gasteiger partial charge in [0.05, 0.1) is 30.3 Å². The summed E-state index contributed by atoms with van der Waals surface area (Å²) in [4.78, 5) is 0. The molecule has 0 saturated heterocycles. The van der Waals surface area contributed by atoms with E-state index in [4.69, 9.17) is 4.74 Å². The van der Waals surface area contributed by atoms with Gasteiger partial charge in [0.25, 0.3) is 0 Å². The summed E-state index contributed by atoms with van der Waals surface area (Å²) in [6, 6.07) is 15.7. The van der Waals surface area contributed by atoms with Crippen molar-refractivity contribution >= 4 is 11.0 Å². The minimum absolute atomic E-state index is 0.0734. The summed E-state index contributed by atoms with van der Waals surface area (Å²) in [6.45, 7) is 6.91. The Morgan fingerprint density at radius 3 is 2.62 bits per heavy atom. The van der Waals surface area contributed by atoms with Gasteiger partial charge in [-0.05, 0) is 35.7 Å². The number of aryl methyl sites for hydroxylation is 1. The van der Waals surface area contributed by atoms with Gasteiger partial charge in [0.1, 0.15) is 16.8 Å². The normalized spacial score (nSPS) is 11.9. The molecule has 0 amide bonds. The second-order valence-corrected chi connectivity index (χ2v) is 8.33. The van der Waals surface area contributed by atoms with Crippen molar-refractivity contribution in [1.82, 2.24) is 24.8 Å². The highest BCUT2D eigenvalue weighted by Crippen LogP contribution is 2.30. The van der Waals surface area contributed by atoms with Crippen LogP contribution in [0.3, 0.4) is 0 Å². The Morgan fingerprint density at radius 2 is 1.86 bits per heavy atom. The Balaban J connectivity index is 1.82. The second kappa shape index (κ2) is 7.33. The monoisotopic (exact) mass is 391 g/mol. The molecule has 2 aromatic heterocycles. The summed E-state index contributed by atoms with van der Waals surface area (Å²) in [6.07, 6.45) is 0. The predicted octanol–water partition coefficient (Wildman–Crippen LogP) is 3.74. The van der Waals surface area contributed by atoms with Crippen molar-refractivity contribution in [3.63, 3.8) is 0 Å². The number of aliphatic hydroxyl groups is 1. The lowest BCUT2D eigenvalue weighted by Crippen LogP contribution is -2.16. The third kappa shape index (κ3) is 3.86. The number of benzene rings is 2. The molecule has 0 unspecified atom stereocenters. The average Bonchev–Trinajstić information content (AvgIpc) is 3.30. The van der Waals surface area contributed by atoms with Gasteiger partial charge in [0.2, 0.25) is 0 Å². The number of aliphatic hydroxyl groups excluding tert-OH is 1. The van der Waals surface area contributed by atoms with E-state index in [0.29, 0.717) is 12.3 Å². The highest BCUT2D eigenvalue weighted by Gasteiger charge is 2.17. The second-order valence-electron chi connectivity index (χ2n) is 8.33. The zero-order chi connectivity index (χ0) is 20.6. The Bertz CT molecular complexity index is 1150. The number of rotatable bonds is 5. The summed E-state index contributed by atoms with van der Waals surface area (Å²) >= 11 is 0. The minimum atomic E-state index is -0.139. The van der Waals surface area contributed by atoms with Crippen LogP contribution in [0.5, 0.6) is 5.75 Å². The van der Waals surface area contributed by atoms with Gasteiger partial charge in [0.15, 0.2) is 0 Å². The molecule has 7 nitrogen and oxygen atoms in total. The first-order valence-electron chi connectivity index (χ1n) is 9.57. The quantitative estimate of drug-likeness (QED) is 0.561. The minimum Gasteiger partial charge on any atom is -0.493 e. The van der Waals surface area contributed by atoms with Crippen LogP contribution in [0.15, 0.2) is 48.5 Å². The van der Waals surface area contributed by atoms with Crippen molar-refractivity contribution < 1.29 is 9.84 Å². The van der Waals surface area contributed by atoms with Gasteiger partial charge in [-0.25, -0.2) is 9.36 Å². The van der Waals surface area contributed by atoms with E-state index in [1.165, 1.54) is 0 Å². The lowest BCUT2D eigenvalue weighted by Gasteiger charge is -2.19. The summed E-state index contributed by atoms with van der Waals surface area (Å²) in [5.41, 5.74) is 5.00. The molecule has 0 atom stereocenters. The van der Waals surface area contributed by atoms with Gasteiger partial charge in [-0.2, -0.15) is 5.10 Å². The van der Waals surface area contributed by atoms with Crippen LogP contribution in [0.2, 0.25) is 0 Å². The number of hydrogen-bond acceptors (Lipinski definition) is 5. The van der Waals surface area contributed by atoms with Gasteiger partial charge < -0.3 is 9.84 Å². The number of aromatic nitrogens is 5. The van der Waals surface area contributed by atoms with E-state index in [9.17, 15) is 5.11 Å². The SMILES string of the molecule is Cn1nnc2cccc(-n3nc(CO)cc3-c3cccc(OCC(C)(C)C)c3)c21. The molecule has 150 valence electrons. The molecule has 4 aromatic rings. The number of para-hydroxylation sites is 1. The van der Waals surface area contributed by atoms with Gasteiger partial charge >= 0.3 is 0 Å². The fourth-order valence-corrected chi connectivity index (χ4v) is 3.20. The van der Waals surface area contributed by atoms with Crippen molar-refractivity contribution in [1.29, 1.82) is 0 Å². The Labute approximate surface area is 169 Å². The fourth-order valence-electron chi connectivity index (χ4n) is 3.20. The molecule has 0 aliphatic rings. The molecule has 0 spiro atoms. The third-order valence-corrected chi connectivity index (χ3v) is 4.56. The summed E-state index contributed by atoms with van der Waals surface area (Å²) in [7, 11) is 1.86. The molecular formula is C22H25N5O2. The highest BCUT2D eigenvalue weighted by atomic mass is 16.5. The molecule has 0 aliphatic heterocycles. The van der Waals surface area contributed by atoms with Crippen molar-refractivity contribution in [3.8, 4) is 22.7 Å². The Hall–Kier alpha value is -3.19. The maximum atomic E-state index is 9.69. The molecule has 4 rings (SSSR count). The van der Waals surface area contributed by atoms with Gasteiger partial charge in [-0.15, -0.1) is 5.10 Å². The number of nitrogens with zero attached hydrogens (tertiary/aromatic N) is 5. The average molecular weight is 391 g/mol. The van der Waals surface area contributed by atoms with Crippen LogP contribution in [0.1, 0.15) is 26.5 Å². The van der Waals surface area contributed by atoms with Gasteiger partial charge in [-0.3, -0.25) is 0 Å². The van der Waals surface area contributed by atoms with Crippen LogP contribution in [0.4, 0.5) is 0 Å². The van der Waals surface area contributed by atoms with Crippen molar-refractivity contribution in [2.75, 3.05) is 6.61 Å². The maximum Gasteiger partial charge on any atom is 0.119 e. The molecule has 0 saturated carbocycles. The van der Waals surface area contributed by atoms with E-state index in [-0.39, 0.29) is 12.0 Å². The lowest BCUT2D eigenvalue weighted by molar-refractivity contribution is 0.198. The lowest BCUT2D eigenvalue weighted by atomic mass is 9.99. The first-order chi connectivity index (χ1) is 13.9. The first kappa shape index (κ1) is 19.1. The van der Waals surface area contributed by atoms with Crippen molar-refractivity contribution in [3.05, 3.63) is 54.2 Å². The van der Waals surface area contributed by atoms with Crippen molar-refractivity contribution in [2.24, 2.45) is 12.5 Å². The molecular weight excluding hydrogens is 366 g/mol. The highest BCUT2D eigenvalue weighted by molar-refractivity contribution is 5.84. The van der Waals surface area contributed by atoms with Gasteiger partial charge in [-0.1, -0.05) is 44.2 Å². The zero-order valence-electron chi connectivity index (χ0n) is 17.1. The van der Waals surface area contributed by atoms with E-state index in [1.54, 1.807) is 4.68 Å². The molecule has 0 aliphatic carbocycles. The molecule has 0 bridgehead atoms. The molecule has 2 heterocycles. The summed E-state index contributed by atoms with van der Waals surface area (Å²) in [5.74, 6) is 0.802. The largest absolute Gasteiger partial charge is 0.493 e. The van der Waals surface area contributed by atoms with Crippen LogP contribution in [0, 0.1) is 5.41 Å². The van der Waals surface area contributed by atoms with E-state index in [1.807, 2.05) is 60.3 Å². The van der Waals surface area contributed by atoms with E-state index < -0.39 is 0 Å². The standard InChI is InChI=1S/C22H25N5O2/c1-22(2,3)14-29-17-8-5-7-15(11-17)20-12-16(13-28)24-27(20)19-10-6-9-18-21(19)26(4)25-23-18/h5-12,28H,13-14H2,1-4H3. The number of hydrogen-bond donors (Lipinski definition) is 1. The fraction of sp³-hybridized carbons (Fsp3) is 0.318. The molecule has 29 heavy (non-hydrogen) atoms. The Morgan fingerprint density at radius 1 is 1.07 bits per heavy atom. The maximum absolute atomic E-state index is 9.69. The molecule has 0 radical (unpaired) electrons. The van der Waals surface area contributed by atoms with E-state index >= 15 is 0 Å². The molecule has 2 aromatic carbocycles. The van der Waals surface area contributed by atoms with E-state index in [2.05, 4.69) is 36.2 Å². The smallest absolute Gasteiger partial charge is 0.119 e. The van der Waals surface area contributed by atoms with Crippen LogP contribution in [-0.4, -0.2) is 36.5 Å². The number of fused-ring (bicyclic) bond motifs is 1. The van der Waals surface area contributed by atoms with Crippen molar-refractivity contribution in [2.45, 2.75) is 27.4 Å². The summed E-state index contributed by atoms with van der Waals surface area (Å²) < 4.78 is 9.55. The molecule has 0 fully saturated rings. The predicted molar refractivity (Wildman–Crippen MR) is 112 cm³/mol. The van der Waals surface area contributed by atoms with Crippen LogP contribution in [-0.2, 0) is 13.7 Å². The molecule has 7 heteroatoms. The van der Waals surface area contributed by atoms with Gasteiger partial charge in [0, 0.05) is 12.6 Å². The number of ether oxygens (including phenoxy) is 1. The van der Waals surface area contributed by atoms with Crippen LogP contribution >= 0.6 is 0 Å². The first-order valence-corrected chi connectivity index (χ1v) is 9.57. The summed E-state index contributed by atoms with van der Waals surface area (Å²) in [5, 5.41) is 22.6. The zero-order valence-corrected chi connectivity index (χ0v) is 17.1. The Kier molecular flexibility index (Phi) is 4.84. The van der Waals surface area contributed by atoms with Crippen LogP contribution < -0.4 is 4.74 Å².